The van der Waals surface area contributed by atoms with Crippen LogP contribution in [0.2, 0.25) is 0 Å². The first-order chi connectivity index (χ1) is 40.1. The molecule has 12 atom stereocenters. The van der Waals surface area contributed by atoms with Gasteiger partial charge in [-0.3, -0.25) is 4.79 Å². The van der Waals surface area contributed by atoms with Gasteiger partial charge in [-0.25, -0.2) is 0 Å². The molecule has 0 saturated carbocycles. The van der Waals surface area contributed by atoms with Gasteiger partial charge in [-0.2, -0.15) is 0 Å². The molecule has 14 heteroatoms. The quantitative estimate of drug-likeness (QED) is 0.0204. The molecule has 2 heterocycles. The third-order valence-electron chi connectivity index (χ3n) is 17.5. The Labute approximate surface area is 501 Å². The van der Waals surface area contributed by atoms with Crippen LogP contribution in [-0.4, -0.2) is 140 Å². The van der Waals surface area contributed by atoms with E-state index >= 15 is 0 Å². The zero-order valence-electron chi connectivity index (χ0n) is 52.8. The lowest BCUT2D eigenvalue weighted by Crippen LogP contribution is -2.65. The first-order valence-corrected chi connectivity index (χ1v) is 34.9. The SMILES string of the molecule is CCCCCCCCCCCCCC/C=C/[C@@H](O)[C@H](CO[C@@H]1O[C@H](CO)[C@@H](O[C@@H]2O[C@H](CO)[C@H](O)C(O)C2O)C(O)C1O)NC(=O)CCCCCCCCCCCCCCCCCCCCCCCCCCCCCCCCCCCC. The van der Waals surface area contributed by atoms with Crippen molar-refractivity contribution in [2.75, 3.05) is 19.8 Å². The van der Waals surface area contributed by atoms with Crippen molar-refractivity contribution in [3.63, 3.8) is 0 Å². The summed E-state index contributed by atoms with van der Waals surface area (Å²) in [4.78, 5) is 13.3. The van der Waals surface area contributed by atoms with Gasteiger partial charge in [0.25, 0.3) is 0 Å². The molecule has 0 spiro atoms. The van der Waals surface area contributed by atoms with Crippen molar-refractivity contribution in [2.24, 2.45) is 0 Å². The lowest BCUT2D eigenvalue weighted by Gasteiger charge is -2.46. The molecule has 0 aromatic carbocycles. The van der Waals surface area contributed by atoms with Crippen LogP contribution in [0.25, 0.3) is 0 Å². The Morgan fingerprint density at radius 3 is 1.12 bits per heavy atom. The first-order valence-electron chi connectivity index (χ1n) is 34.9. The molecule has 2 rings (SSSR count). The average Bonchev–Trinajstić information content (AvgIpc) is 3.63. The summed E-state index contributed by atoms with van der Waals surface area (Å²) in [5.41, 5.74) is 0. The van der Waals surface area contributed by atoms with Gasteiger partial charge in [-0.15, -0.1) is 0 Å². The first kappa shape index (κ1) is 76.8. The minimum Gasteiger partial charge on any atom is -0.394 e. The summed E-state index contributed by atoms with van der Waals surface area (Å²) in [6, 6.07) is -0.910. The van der Waals surface area contributed by atoms with E-state index in [2.05, 4.69) is 19.2 Å². The number of amides is 1. The number of aliphatic hydroxyl groups excluding tert-OH is 8. The van der Waals surface area contributed by atoms with E-state index in [1.807, 2.05) is 6.08 Å². The topological polar surface area (TPSA) is 228 Å². The Hall–Kier alpha value is -1.27. The summed E-state index contributed by atoms with van der Waals surface area (Å²) in [5, 5.41) is 87.2. The van der Waals surface area contributed by atoms with Crippen LogP contribution in [0.4, 0.5) is 0 Å². The number of unbranched alkanes of at least 4 members (excludes halogenated alkanes) is 45. The second kappa shape index (κ2) is 53.9. The van der Waals surface area contributed by atoms with Crippen LogP contribution in [0.15, 0.2) is 12.2 Å². The molecule has 2 aliphatic heterocycles. The van der Waals surface area contributed by atoms with E-state index in [0.29, 0.717) is 6.42 Å². The van der Waals surface area contributed by atoms with E-state index in [1.165, 1.54) is 257 Å². The number of carbonyl (C=O) groups is 1. The predicted molar refractivity (Wildman–Crippen MR) is 332 cm³/mol. The van der Waals surface area contributed by atoms with Crippen molar-refractivity contribution in [1.29, 1.82) is 0 Å². The lowest BCUT2D eigenvalue weighted by molar-refractivity contribution is -0.359. The highest BCUT2D eigenvalue weighted by atomic mass is 16.7. The monoisotopic (exact) mass is 1170 g/mol. The fourth-order valence-electron chi connectivity index (χ4n) is 11.9. The molecule has 486 valence electrons. The fourth-order valence-corrected chi connectivity index (χ4v) is 11.9. The molecule has 2 fully saturated rings. The normalized spacial score (nSPS) is 23.9. The number of allylic oxidation sites excluding steroid dienone is 1. The smallest absolute Gasteiger partial charge is 0.220 e. The second-order valence-electron chi connectivity index (χ2n) is 25.0. The van der Waals surface area contributed by atoms with Gasteiger partial charge in [0, 0.05) is 6.42 Å². The number of ether oxygens (including phenoxy) is 4. The summed E-state index contributed by atoms with van der Waals surface area (Å²) in [6.07, 6.45) is 48.6. The number of hydrogen-bond donors (Lipinski definition) is 9. The van der Waals surface area contributed by atoms with Crippen LogP contribution < -0.4 is 5.32 Å². The Morgan fingerprint density at radius 1 is 0.427 bits per heavy atom. The van der Waals surface area contributed by atoms with E-state index in [1.54, 1.807) is 6.08 Å². The molecule has 0 aromatic heterocycles. The van der Waals surface area contributed by atoms with Crippen LogP contribution in [-0.2, 0) is 23.7 Å². The summed E-state index contributed by atoms with van der Waals surface area (Å²) in [7, 11) is 0. The zero-order valence-corrected chi connectivity index (χ0v) is 52.8. The minimum absolute atomic E-state index is 0.232. The van der Waals surface area contributed by atoms with Crippen LogP contribution in [0.3, 0.4) is 0 Å². The third kappa shape index (κ3) is 38.1. The van der Waals surface area contributed by atoms with E-state index in [-0.39, 0.29) is 18.9 Å². The molecule has 2 saturated heterocycles. The number of hydrogen-bond acceptors (Lipinski definition) is 13. The van der Waals surface area contributed by atoms with Gasteiger partial charge in [-0.05, 0) is 19.3 Å². The highest BCUT2D eigenvalue weighted by Gasteiger charge is 2.51. The van der Waals surface area contributed by atoms with Gasteiger partial charge in [0.2, 0.25) is 5.91 Å². The molecule has 0 aliphatic carbocycles. The van der Waals surface area contributed by atoms with Crippen molar-refractivity contribution in [3.05, 3.63) is 12.2 Å². The van der Waals surface area contributed by atoms with Crippen molar-refractivity contribution >= 4 is 5.91 Å². The van der Waals surface area contributed by atoms with Crippen LogP contribution >= 0.6 is 0 Å². The zero-order chi connectivity index (χ0) is 59.5. The number of aliphatic hydroxyl groups is 8. The molecule has 82 heavy (non-hydrogen) atoms. The van der Waals surface area contributed by atoms with E-state index in [9.17, 15) is 45.6 Å². The van der Waals surface area contributed by atoms with Crippen molar-refractivity contribution in [1.82, 2.24) is 5.32 Å². The molecule has 4 unspecified atom stereocenters. The number of rotatable bonds is 58. The predicted octanol–water partition coefficient (Wildman–Crippen LogP) is 13.8. The molecule has 14 nitrogen and oxygen atoms in total. The molecule has 0 bridgehead atoms. The number of nitrogens with one attached hydrogen (secondary N) is 1. The third-order valence-corrected chi connectivity index (χ3v) is 17.5. The lowest BCUT2D eigenvalue weighted by atomic mass is 9.97. The number of carbonyl (C=O) groups excluding carboxylic acids is 1. The second-order valence-corrected chi connectivity index (χ2v) is 25.0. The summed E-state index contributed by atoms with van der Waals surface area (Å²) < 4.78 is 22.8. The van der Waals surface area contributed by atoms with Crippen LogP contribution in [0.5, 0.6) is 0 Å². The Balaban J connectivity index is 1.59. The van der Waals surface area contributed by atoms with Crippen LogP contribution in [0, 0.1) is 0 Å². The van der Waals surface area contributed by atoms with E-state index < -0.39 is 86.8 Å². The fraction of sp³-hybridized carbons (Fsp3) is 0.956. The van der Waals surface area contributed by atoms with Crippen molar-refractivity contribution in [2.45, 2.75) is 396 Å². The van der Waals surface area contributed by atoms with Gasteiger partial charge in [0.1, 0.15) is 48.8 Å². The minimum atomic E-state index is -1.79. The largest absolute Gasteiger partial charge is 0.394 e. The van der Waals surface area contributed by atoms with Crippen molar-refractivity contribution in [3.8, 4) is 0 Å². The molecule has 0 aromatic rings. The van der Waals surface area contributed by atoms with Gasteiger partial charge in [0.15, 0.2) is 12.6 Å². The van der Waals surface area contributed by atoms with Gasteiger partial charge in [0.05, 0.1) is 32.0 Å². The standard InChI is InChI=1S/C68H131NO13/c1-3-5-7-9-11-13-15-17-19-20-21-22-23-24-25-26-27-28-29-30-31-32-33-34-35-36-37-38-40-42-44-46-48-50-52-60(73)69-56(57(72)51-49-47-45-43-41-39-18-16-14-12-10-8-6-4-2)55-79-67-65(78)63(76)66(59(54-71)81-67)82-68-64(77)62(75)61(74)58(53-70)80-68/h49,51,56-59,61-68,70-72,74-78H,3-48,50,52-55H2,1-2H3,(H,69,73)/b51-49+/t56-,57+,58+,59+,61-,62?,63?,64?,65?,66+,67+,68-/m0/s1. The molecular weight excluding hydrogens is 1040 g/mol. The molecule has 0 radical (unpaired) electrons. The molecule has 1 amide bonds. The summed E-state index contributed by atoms with van der Waals surface area (Å²) in [6.45, 7) is 2.84. The van der Waals surface area contributed by atoms with Crippen LogP contribution in [0.1, 0.15) is 322 Å². The maximum absolute atomic E-state index is 13.3. The Kier molecular flexibility index (Phi) is 50.5. The van der Waals surface area contributed by atoms with Crippen molar-refractivity contribution < 1.29 is 64.6 Å². The average molecular weight is 1170 g/mol. The summed E-state index contributed by atoms with van der Waals surface area (Å²) >= 11 is 0. The maximum atomic E-state index is 13.3. The molecular formula is C68H131NO13. The molecule has 9 N–H and O–H groups in total. The van der Waals surface area contributed by atoms with E-state index in [0.717, 1.165) is 38.5 Å². The highest BCUT2D eigenvalue weighted by molar-refractivity contribution is 5.76. The molecule has 2 aliphatic rings. The highest BCUT2D eigenvalue weighted by Crippen LogP contribution is 2.30. The van der Waals surface area contributed by atoms with Gasteiger partial charge in [-0.1, -0.05) is 309 Å². The van der Waals surface area contributed by atoms with Gasteiger partial charge < -0.3 is 65.1 Å². The summed E-state index contributed by atoms with van der Waals surface area (Å²) in [5.74, 6) is -0.232. The maximum Gasteiger partial charge on any atom is 0.220 e. The Morgan fingerprint density at radius 2 is 0.756 bits per heavy atom. The van der Waals surface area contributed by atoms with Gasteiger partial charge >= 0.3 is 0 Å². The van der Waals surface area contributed by atoms with E-state index in [4.69, 9.17) is 18.9 Å². The Bertz CT molecular complexity index is 1420.